The smallest absolute Gasteiger partial charge is 0.261 e. The third-order valence-electron chi connectivity index (χ3n) is 5.46. The molecular weight excluding hydrogens is 458 g/mol. The number of fused-ring (bicyclic) bond motifs is 1. The zero-order valence-electron chi connectivity index (χ0n) is 19.1. The van der Waals surface area contributed by atoms with Crippen molar-refractivity contribution in [2.75, 3.05) is 33.9 Å². The fourth-order valence-electron chi connectivity index (χ4n) is 3.72. The number of aromatic nitrogens is 2. The van der Waals surface area contributed by atoms with E-state index in [0.29, 0.717) is 52.0 Å². The molecule has 178 valence electrons. The molecule has 0 radical (unpaired) electrons. The molecule has 1 saturated heterocycles. The van der Waals surface area contributed by atoms with E-state index in [9.17, 15) is 14.4 Å². The van der Waals surface area contributed by atoms with Crippen LogP contribution in [0.15, 0.2) is 24.3 Å². The van der Waals surface area contributed by atoms with E-state index >= 15 is 0 Å². The van der Waals surface area contributed by atoms with Crippen LogP contribution in [-0.2, 0) is 22.7 Å². The molecule has 0 atom stereocenters. The maximum atomic E-state index is 12.9. The highest BCUT2D eigenvalue weighted by Crippen LogP contribution is 2.35. The van der Waals surface area contributed by atoms with E-state index in [0.717, 1.165) is 11.1 Å². The van der Waals surface area contributed by atoms with Crippen molar-refractivity contribution in [3.8, 4) is 5.88 Å². The van der Waals surface area contributed by atoms with Crippen LogP contribution in [0.1, 0.15) is 37.0 Å². The maximum absolute atomic E-state index is 12.9. The summed E-state index contributed by atoms with van der Waals surface area (Å²) in [4.78, 5) is 48.6. The molecule has 0 unspecified atom stereocenters. The Hall–Kier alpha value is -3.57. The number of carbonyl (C=O) groups excluding carboxylic acids is 3. The molecule has 0 bridgehead atoms. The van der Waals surface area contributed by atoms with Gasteiger partial charge in [0.1, 0.15) is 11.4 Å². The molecule has 3 heterocycles. The van der Waals surface area contributed by atoms with E-state index in [1.165, 1.54) is 23.3 Å². The fourth-order valence-corrected chi connectivity index (χ4v) is 4.83. The summed E-state index contributed by atoms with van der Waals surface area (Å²) in [6.07, 6.45) is 0. The summed E-state index contributed by atoms with van der Waals surface area (Å²) < 4.78 is 10.5. The van der Waals surface area contributed by atoms with Gasteiger partial charge in [-0.2, -0.15) is 4.98 Å². The first-order chi connectivity index (χ1) is 16.4. The summed E-state index contributed by atoms with van der Waals surface area (Å²) in [5, 5.41) is 6.34. The molecule has 3 aromatic rings. The molecule has 2 N–H and O–H groups in total. The zero-order chi connectivity index (χ0) is 24.2. The number of nitrogens with zero attached hydrogens (tertiary/aromatic N) is 3. The summed E-state index contributed by atoms with van der Waals surface area (Å²) in [5.41, 5.74) is 2.10. The Bertz CT molecular complexity index is 1240. The number of rotatable bonds is 7. The highest BCUT2D eigenvalue weighted by molar-refractivity contribution is 7.20. The van der Waals surface area contributed by atoms with E-state index in [1.54, 1.807) is 31.4 Å². The lowest BCUT2D eigenvalue weighted by Gasteiger charge is -2.26. The molecule has 10 nitrogen and oxygen atoms in total. The Kier molecular flexibility index (Phi) is 7.03. The molecule has 3 amide bonds. The van der Waals surface area contributed by atoms with Gasteiger partial charge in [-0.15, -0.1) is 11.3 Å². The Balaban J connectivity index is 1.45. The summed E-state index contributed by atoms with van der Waals surface area (Å²) in [5.74, 6) is 0.328. The lowest BCUT2D eigenvalue weighted by molar-refractivity contribution is -0.123. The number of piperazine rings is 1. The van der Waals surface area contributed by atoms with Gasteiger partial charge in [0.15, 0.2) is 5.82 Å². The number of aryl methyl sites for hydroxylation is 1. The first-order valence-corrected chi connectivity index (χ1v) is 11.5. The average Bonchev–Trinajstić information content (AvgIpc) is 3.18. The van der Waals surface area contributed by atoms with Gasteiger partial charge in [-0.05, 0) is 30.2 Å². The predicted molar refractivity (Wildman–Crippen MR) is 126 cm³/mol. The topological polar surface area (TPSA) is 123 Å². The fraction of sp³-hybridized carbons (Fsp3) is 0.348. The van der Waals surface area contributed by atoms with Gasteiger partial charge >= 0.3 is 0 Å². The summed E-state index contributed by atoms with van der Waals surface area (Å²) in [7, 11) is 3.09. The molecule has 1 aromatic carbocycles. The molecule has 4 rings (SSSR count). The molecule has 2 aromatic heterocycles. The normalized spacial score (nSPS) is 13.6. The second-order valence-corrected chi connectivity index (χ2v) is 8.77. The lowest BCUT2D eigenvalue weighted by atomic mass is 10.1. The van der Waals surface area contributed by atoms with Crippen LogP contribution < -0.4 is 15.4 Å². The number of amides is 3. The first-order valence-electron chi connectivity index (χ1n) is 10.7. The minimum atomic E-state index is -0.227. The number of hydrogen-bond donors (Lipinski definition) is 2. The number of nitrogens with one attached hydrogen (secondary N) is 2. The van der Waals surface area contributed by atoms with Crippen molar-refractivity contribution in [2.45, 2.75) is 20.1 Å². The second kappa shape index (κ2) is 10.1. The minimum absolute atomic E-state index is 0.0628. The van der Waals surface area contributed by atoms with Gasteiger partial charge in [-0.25, -0.2) is 4.98 Å². The molecule has 1 fully saturated rings. The van der Waals surface area contributed by atoms with Gasteiger partial charge in [0.2, 0.25) is 11.8 Å². The number of carbonyl (C=O) groups is 3. The standard InChI is InChI=1S/C23H25N5O5S/c1-13-18-21(33-3)26-16(12-32-2)27-22(18)34-19(13)20(30)25-10-14-4-6-15(7-5-14)23(31)28-9-8-24-17(29)11-28/h4-7H,8-12H2,1-3H3,(H,24,29)(H,25,30). The average molecular weight is 484 g/mol. The number of thiophene rings is 1. The molecule has 0 aliphatic carbocycles. The zero-order valence-corrected chi connectivity index (χ0v) is 20.0. The first kappa shape index (κ1) is 23.6. The van der Waals surface area contributed by atoms with Gasteiger partial charge in [-0.1, -0.05) is 12.1 Å². The number of hydrogen-bond acceptors (Lipinski definition) is 8. The Morgan fingerprint density at radius 3 is 2.65 bits per heavy atom. The maximum Gasteiger partial charge on any atom is 0.261 e. The molecule has 1 aliphatic rings. The van der Waals surface area contributed by atoms with E-state index in [4.69, 9.17) is 9.47 Å². The third kappa shape index (κ3) is 4.85. The summed E-state index contributed by atoms with van der Waals surface area (Å²) >= 11 is 1.28. The largest absolute Gasteiger partial charge is 0.480 e. The SMILES string of the molecule is COCc1nc(OC)c2c(C)c(C(=O)NCc3ccc(C(=O)N4CCNC(=O)C4)cc3)sc2n1. The van der Waals surface area contributed by atoms with E-state index in [1.807, 2.05) is 6.92 Å². The van der Waals surface area contributed by atoms with Crippen LogP contribution in [0.2, 0.25) is 0 Å². The van der Waals surface area contributed by atoms with Gasteiger partial charge < -0.3 is 25.0 Å². The number of methoxy groups -OCH3 is 2. The molecule has 34 heavy (non-hydrogen) atoms. The van der Waals surface area contributed by atoms with Crippen molar-refractivity contribution in [1.82, 2.24) is 25.5 Å². The van der Waals surface area contributed by atoms with Gasteiger partial charge in [0, 0.05) is 32.3 Å². The number of benzene rings is 1. The van der Waals surface area contributed by atoms with Crippen molar-refractivity contribution in [3.63, 3.8) is 0 Å². The Morgan fingerprint density at radius 2 is 1.97 bits per heavy atom. The van der Waals surface area contributed by atoms with Crippen LogP contribution in [0.4, 0.5) is 0 Å². The molecule has 0 saturated carbocycles. The van der Waals surface area contributed by atoms with Crippen molar-refractivity contribution in [2.24, 2.45) is 0 Å². The Labute approximate surface area is 200 Å². The van der Waals surface area contributed by atoms with Crippen LogP contribution >= 0.6 is 11.3 Å². The van der Waals surface area contributed by atoms with E-state index < -0.39 is 0 Å². The molecule has 1 aliphatic heterocycles. The van der Waals surface area contributed by atoms with E-state index in [2.05, 4.69) is 20.6 Å². The highest BCUT2D eigenvalue weighted by Gasteiger charge is 2.23. The summed E-state index contributed by atoms with van der Waals surface area (Å²) in [6, 6.07) is 7.00. The highest BCUT2D eigenvalue weighted by atomic mass is 32.1. The van der Waals surface area contributed by atoms with Crippen LogP contribution in [-0.4, -0.2) is 66.4 Å². The Morgan fingerprint density at radius 1 is 1.21 bits per heavy atom. The van der Waals surface area contributed by atoms with Crippen LogP contribution in [0.5, 0.6) is 5.88 Å². The summed E-state index contributed by atoms with van der Waals surface area (Å²) in [6.45, 7) is 3.39. The second-order valence-electron chi connectivity index (χ2n) is 7.77. The van der Waals surface area contributed by atoms with Gasteiger partial charge in [0.25, 0.3) is 11.8 Å². The van der Waals surface area contributed by atoms with E-state index in [-0.39, 0.29) is 30.9 Å². The van der Waals surface area contributed by atoms with Crippen LogP contribution in [0, 0.1) is 6.92 Å². The molecular formula is C23H25N5O5S. The quantitative estimate of drug-likeness (QED) is 0.524. The van der Waals surface area contributed by atoms with Gasteiger partial charge in [0.05, 0.1) is 23.9 Å². The van der Waals surface area contributed by atoms with Crippen molar-refractivity contribution in [1.29, 1.82) is 0 Å². The van der Waals surface area contributed by atoms with Crippen LogP contribution in [0.3, 0.4) is 0 Å². The minimum Gasteiger partial charge on any atom is -0.480 e. The van der Waals surface area contributed by atoms with Crippen molar-refractivity contribution < 1.29 is 23.9 Å². The van der Waals surface area contributed by atoms with Crippen molar-refractivity contribution in [3.05, 3.63) is 51.7 Å². The molecule has 11 heteroatoms. The van der Waals surface area contributed by atoms with Crippen molar-refractivity contribution >= 4 is 39.3 Å². The monoisotopic (exact) mass is 483 g/mol. The molecule has 0 spiro atoms. The third-order valence-corrected chi connectivity index (χ3v) is 6.64. The van der Waals surface area contributed by atoms with Gasteiger partial charge in [-0.3, -0.25) is 14.4 Å². The van der Waals surface area contributed by atoms with Crippen LogP contribution in [0.25, 0.3) is 10.2 Å². The number of ether oxygens (including phenoxy) is 2. The predicted octanol–water partition coefficient (Wildman–Crippen LogP) is 1.66. The lowest BCUT2D eigenvalue weighted by Crippen LogP contribution is -2.49.